The van der Waals surface area contributed by atoms with Crippen molar-refractivity contribution in [3.63, 3.8) is 0 Å². The van der Waals surface area contributed by atoms with Crippen LogP contribution in [0.1, 0.15) is 34.6 Å². The highest BCUT2D eigenvalue weighted by Crippen LogP contribution is 2.14. The van der Waals surface area contributed by atoms with Gasteiger partial charge in [0.25, 0.3) is 0 Å². The molecule has 5 heteroatoms. The lowest BCUT2D eigenvalue weighted by Crippen LogP contribution is -2.20. The SMILES string of the molecule is CC(C)(CO)CO.O=C1OC(=O)c2cccc1c2. The molecule has 2 bridgehead atoms. The molecule has 0 spiro atoms. The normalized spacial score (nSPS) is 13.6. The fourth-order valence-electron chi connectivity index (χ4n) is 1.03. The summed E-state index contributed by atoms with van der Waals surface area (Å²) >= 11 is 0. The average molecular weight is 252 g/mol. The minimum absolute atomic E-state index is 0.0451. The van der Waals surface area contributed by atoms with Crippen molar-refractivity contribution in [1.82, 2.24) is 0 Å². The predicted molar refractivity (Wildman–Crippen MR) is 64.1 cm³/mol. The highest BCUT2D eigenvalue weighted by molar-refractivity contribution is 6.07. The fraction of sp³-hybridized carbons (Fsp3) is 0.385. The number of hydrogen-bond acceptors (Lipinski definition) is 5. The van der Waals surface area contributed by atoms with Gasteiger partial charge >= 0.3 is 11.9 Å². The van der Waals surface area contributed by atoms with E-state index in [9.17, 15) is 9.59 Å². The van der Waals surface area contributed by atoms with Crippen molar-refractivity contribution in [2.24, 2.45) is 5.41 Å². The zero-order valence-corrected chi connectivity index (χ0v) is 10.3. The van der Waals surface area contributed by atoms with Gasteiger partial charge in [0.2, 0.25) is 0 Å². The number of cyclic esters (lactones) is 2. The second-order valence-electron chi connectivity index (χ2n) is 4.74. The Morgan fingerprint density at radius 2 is 1.50 bits per heavy atom. The third-order valence-electron chi connectivity index (χ3n) is 2.38. The summed E-state index contributed by atoms with van der Waals surface area (Å²) in [5.74, 6) is -1.13. The van der Waals surface area contributed by atoms with Gasteiger partial charge in [0, 0.05) is 5.41 Å². The van der Waals surface area contributed by atoms with Crippen LogP contribution in [-0.2, 0) is 4.74 Å². The summed E-state index contributed by atoms with van der Waals surface area (Å²) in [6.45, 7) is 3.69. The summed E-state index contributed by atoms with van der Waals surface area (Å²) in [6.07, 6.45) is 0. The highest BCUT2D eigenvalue weighted by Gasteiger charge is 2.21. The van der Waals surface area contributed by atoms with Gasteiger partial charge in [0.1, 0.15) is 0 Å². The molecule has 0 aromatic heterocycles. The average Bonchev–Trinajstić information content (AvgIpc) is 2.38. The van der Waals surface area contributed by atoms with Gasteiger partial charge in [-0.25, -0.2) is 9.59 Å². The first-order chi connectivity index (χ1) is 8.39. The molecule has 0 radical (unpaired) electrons. The maximum atomic E-state index is 10.8. The van der Waals surface area contributed by atoms with Crippen LogP contribution in [0.3, 0.4) is 0 Å². The highest BCUT2D eigenvalue weighted by atomic mass is 16.6. The van der Waals surface area contributed by atoms with Crippen LogP contribution in [0.2, 0.25) is 0 Å². The molecule has 0 saturated heterocycles. The zero-order valence-electron chi connectivity index (χ0n) is 10.3. The third-order valence-corrected chi connectivity index (χ3v) is 2.38. The molecule has 0 amide bonds. The van der Waals surface area contributed by atoms with Crippen LogP contribution in [0, 0.1) is 5.41 Å². The molecule has 1 heterocycles. The van der Waals surface area contributed by atoms with Gasteiger partial charge in [-0.1, -0.05) is 19.9 Å². The first-order valence-corrected chi connectivity index (χ1v) is 5.48. The fourth-order valence-corrected chi connectivity index (χ4v) is 1.03. The van der Waals surface area contributed by atoms with Crippen molar-refractivity contribution in [2.45, 2.75) is 13.8 Å². The number of rotatable bonds is 2. The molecule has 2 N–H and O–H groups in total. The molecule has 2 rings (SSSR count). The van der Waals surface area contributed by atoms with E-state index in [0.29, 0.717) is 11.1 Å². The first kappa shape index (κ1) is 14.3. The van der Waals surface area contributed by atoms with Crippen molar-refractivity contribution in [2.75, 3.05) is 13.2 Å². The molecule has 1 aliphatic rings. The number of benzene rings is 1. The van der Waals surface area contributed by atoms with E-state index in [2.05, 4.69) is 4.74 Å². The predicted octanol–water partition coefficient (Wildman–Crippen LogP) is 0.994. The lowest BCUT2D eigenvalue weighted by Gasteiger charge is -2.16. The summed E-state index contributed by atoms with van der Waals surface area (Å²) in [5.41, 5.74) is 0.559. The van der Waals surface area contributed by atoms with Gasteiger partial charge in [-0.05, 0) is 18.2 Å². The maximum absolute atomic E-state index is 10.8. The second kappa shape index (κ2) is 5.75. The van der Waals surface area contributed by atoms with Crippen molar-refractivity contribution >= 4 is 11.9 Å². The zero-order chi connectivity index (χ0) is 13.8. The van der Waals surface area contributed by atoms with Crippen LogP contribution >= 0.6 is 0 Å². The number of aliphatic hydroxyl groups is 2. The van der Waals surface area contributed by atoms with Crippen LogP contribution in [-0.4, -0.2) is 35.4 Å². The van der Waals surface area contributed by atoms with Crippen molar-refractivity contribution in [3.8, 4) is 0 Å². The molecule has 1 aromatic carbocycles. The summed E-state index contributed by atoms with van der Waals surface area (Å²) < 4.78 is 4.39. The monoisotopic (exact) mass is 252 g/mol. The molecule has 1 aromatic rings. The van der Waals surface area contributed by atoms with Gasteiger partial charge in [-0.2, -0.15) is 0 Å². The minimum atomic E-state index is -0.567. The van der Waals surface area contributed by atoms with E-state index in [-0.39, 0.29) is 18.6 Å². The van der Waals surface area contributed by atoms with Crippen LogP contribution in [0.4, 0.5) is 0 Å². The summed E-state index contributed by atoms with van der Waals surface area (Å²) in [4.78, 5) is 21.7. The van der Waals surface area contributed by atoms with Crippen LogP contribution in [0.25, 0.3) is 0 Å². The first-order valence-electron chi connectivity index (χ1n) is 5.48. The molecular formula is C13H16O5. The Morgan fingerprint density at radius 3 is 1.83 bits per heavy atom. The Morgan fingerprint density at radius 1 is 1.06 bits per heavy atom. The smallest absolute Gasteiger partial charge is 0.346 e. The number of esters is 2. The van der Waals surface area contributed by atoms with E-state index in [1.165, 1.54) is 6.07 Å². The van der Waals surface area contributed by atoms with E-state index < -0.39 is 11.9 Å². The maximum Gasteiger partial charge on any atom is 0.346 e. The van der Waals surface area contributed by atoms with E-state index in [4.69, 9.17) is 10.2 Å². The van der Waals surface area contributed by atoms with Crippen LogP contribution in [0.5, 0.6) is 0 Å². The molecule has 0 aliphatic carbocycles. The topological polar surface area (TPSA) is 83.8 Å². The van der Waals surface area contributed by atoms with Gasteiger partial charge in [-0.3, -0.25) is 0 Å². The Bertz CT molecular complexity index is 415. The molecule has 0 fully saturated rings. The van der Waals surface area contributed by atoms with Gasteiger partial charge in [-0.15, -0.1) is 0 Å². The summed E-state index contributed by atoms with van der Waals surface area (Å²) in [5, 5.41) is 16.9. The van der Waals surface area contributed by atoms with E-state index in [1.54, 1.807) is 32.0 Å². The van der Waals surface area contributed by atoms with Crippen molar-refractivity contribution in [3.05, 3.63) is 35.4 Å². The molecule has 0 unspecified atom stereocenters. The third kappa shape index (κ3) is 3.65. The quantitative estimate of drug-likeness (QED) is 0.606. The lowest BCUT2D eigenvalue weighted by atomic mass is 9.97. The Kier molecular flexibility index (Phi) is 4.58. The van der Waals surface area contributed by atoms with Crippen molar-refractivity contribution in [1.29, 1.82) is 0 Å². The van der Waals surface area contributed by atoms with Crippen LogP contribution < -0.4 is 0 Å². The van der Waals surface area contributed by atoms with Crippen molar-refractivity contribution < 1.29 is 24.5 Å². The molecule has 18 heavy (non-hydrogen) atoms. The number of fused-ring (bicyclic) bond motifs is 2. The number of carbonyl (C=O) groups is 2. The van der Waals surface area contributed by atoms with E-state index >= 15 is 0 Å². The number of aliphatic hydroxyl groups excluding tert-OH is 2. The molecule has 0 saturated carbocycles. The van der Waals surface area contributed by atoms with E-state index in [0.717, 1.165) is 0 Å². The van der Waals surface area contributed by atoms with E-state index in [1.807, 2.05) is 0 Å². The minimum Gasteiger partial charge on any atom is -0.396 e. The lowest BCUT2D eigenvalue weighted by molar-refractivity contribution is 0.0385. The standard InChI is InChI=1S/C8H4O3.C5H12O2/c9-7-5-2-1-3-6(4-5)8(10)11-7;1-5(2,3-6)4-7/h1-4H;6-7H,3-4H2,1-2H3. The Hall–Kier alpha value is -1.72. The molecular weight excluding hydrogens is 236 g/mol. The Labute approximate surface area is 105 Å². The van der Waals surface area contributed by atoms with Crippen LogP contribution in [0.15, 0.2) is 24.3 Å². The second-order valence-corrected chi connectivity index (χ2v) is 4.74. The van der Waals surface area contributed by atoms with Gasteiger partial charge in [0.05, 0.1) is 24.3 Å². The summed E-state index contributed by atoms with van der Waals surface area (Å²) in [7, 11) is 0. The number of ether oxygens (including phenoxy) is 1. The van der Waals surface area contributed by atoms with Gasteiger partial charge in [0.15, 0.2) is 0 Å². The molecule has 5 nitrogen and oxygen atoms in total. The van der Waals surface area contributed by atoms with Gasteiger partial charge < -0.3 is 14.9 Å². The Balaban J connectivity index is 0.000000203. The summed E-state index contributed by atoms with van der Waals surface area (Å²) in [6, 6.07) is 6.40. The molecule has 1 aliphatic heterocycles. The molecule has 0 atom stereocenters. The number of carbonyl (C=O) groups excluding carboxylic acids is 2. The largest absolute Gasteiger partial charge is 0.396 e. The molecule has 98 valence electrons. The number of hydrogen-bond donors (Lipinski definition) is 2.